The van der Waals surface area contributed by atoms with E-state index in [2.05, 4.69) is 5.32 Å². The number of carbonyl (C=O) groups excluding carboxylic acids is 2. The number of Topliss-reactive ketones (excluding diaryl/α,β-unsaturated/α-hetero) is 1. The Kier molecular flexibility index (Phi) is 4.38. The number of rotatable bonds is 3. The second kappa shape index (κ2) is 5.83. The second-order valence-electron chi connectivity index (χ2n) is 5.69. The summed E-state index contributed by atoms with van der Waals surface area (Å²) < 4.78 is 5.57. The Hall–Kier alpha value is -0.900. The third-order valence-corrected chi connectivity index (χ3v) is 4.19. The monoisotopic (exact) mass is 253 g/mol. The number of nitrogens with one attached hydrogen (secondary N) is 1. The molecule has 0 unspecified atom stereocenters. The van der Waals surface area contributed by atoms with Crippen molar-refractivity contribution in [2.45, 2.75) is 58.1 Å². The van der Waals surface area contributed by atoms with Crippen molar-refractivity contribution >= 4 is 11.7 Å². The minimum atomic E-state index is 0.00144. The van der Waals surface area contributed by atoms with E-state index in [0.717, 1.165) is 19.4 Å². The molecule has 102 valence electrons. The van der Waals surface area contributed by atoms with E-state index in [4.69, 9.17) is 4.74 Å². The number of ether oxygens (including phenoxy) is 1. The van der Waals surface area contributed by atoms with Gasteiger partial charge in [0.15, 0.2) is 0 Å². The Labute approximate surface area is 108 Å². The van der Waals surface area contributed by atoms with Crippen LogP contribution in [0.2, 0.25) is 0 Å². The predicted octanol–water partition coefficient (Wildman–Crippen LogP) is 1.68. The van der Waals surface area contributed by atoms with Crippen LogP contribution in [0, 0.1) is 11.8 Å². The van der Waals surface area contributed by atoms with Crippen LogP contribution < -0.4 is 5.32 Å². The van der Waals surface area contributed by atoms with Crippen molar-refractivity contribution in [2.75, 3.05) is 6.61 Å². The standard InChI is InChI=1S/C14H23NO3/c1-9-8-11(5-6-12(9)16)14(17)15-10(2)13-4-3-7-18-13/h9-11,13H,3-8H2,1-2H3,(H,15,17)/t9-,10+,11-,13+/m1/s1. The van der Waals surface area contributed by atoms with Crippen LogP contribution in [0.5, 0.6) is 0 Å². The maximum absolute atomic E-state index is 12.1. The van der Waals surface area contributed by atoms with Crippen LogP contribution in [-0.2, 0) is 14.3 Å². The van der Waals surface area contributed by atoms with Crippen LogP contribution in [0.25, 0.3) is 0 Å². The lowest BCUT2D eigenvalue weighted by atomic mass is 9.81. The number of hydrogen-bond acceptors (Lipinski definition) is 3. The average molecular weight is 253 g/mol. The number of ketones is 1. The van der Waals surface area contributed by atoms with Crippen LogP contribution in [0.1, 0.15) is 46.0 Å². The number of hydrogen-bond donors (Lipinski definition) is 1. The van der Waals surface area contributed by atoms with Crippen molar-refractivity contribution in [1.29, 1.82) is 0 Å². The summed E-state index contributed by atoms with van der Waals surface area (Å²) in [7, 11) is 0. The highest BCUT2D eigenvalue weighted by Crippen LogP contribution is 2.26. The zero-order chi connectivity index (χ0) is 13.1. The van der Waals surface area contributed by atoms with Gasteiger partial charge >= 0.3 is 0 Å². The molecule has 0 aromatic rings. The summed E-state index contributed by atoms with van der Waals surface area (Å²) in [5.41, 5.74) is 0. The van der Waals surface area contributed by atoms with E-state index in [-0.39, 0.29) is 29.9 Å². The fourth-order valence-electron chi connectivity index (χ4n) is 2.91. The van der Waals surface area contributed by atoms with E-state index >= 15 is 0 Å². The molecule has 2 fully saturated rings. The van der Waals surface area contributed by atoms with Crippen molar-refractivity contribution in [2.24, 2.45) is 11.8 Å². The molecule has 4 heteroatoms. The molecule has 2 aliphatic rings. The van der Waals surface area contributed by atoms with Gasteiger partial charge in [-0.25, -0.2) is 0 Å². The summed E-state index contributed by atoms with van der Waals surface area (Å²) in [4.78, 5) is 23.6. The molecule has 2 rings (SSSR count). The Balaban J connectivity index is 1.82. The van der Waals surface area contributed by atoms with Gasteiger partial charge in [-0.2, -0.15) is 0 Å². The lowest BCUT2D eigenvalue weighted by Gasteiger charge is -2.27. The van der Waals surface area contributed by atoms with Gasteiger partial charge in [0.05, 0.1) is 12.1 Å². The van der Waals surface area contributed by atoms with E-state index < -0.39 is 0 Å². The lowest BCUT2D eigenvalue weighted by molar-refractivity contribution is -0.131. The van der Waals surface area contributed by atoms with Crippen molar-refractivity contribution in [3.8, 4) is 0 Å². The van der Waals surface area contributed by atoms with Gasteiger partial charge in [0.25, 0.3) is 0 Å². The summed E-state index contributed by atoms with van der Waals surface area (Å²) in [6, 6.07) is 0.0768. The number of amides is 1. The van der Waals surface area contributed by atoms with Gasteiger partial charge < -0.3 is 10.1 Å². The predicted molar refractivity (Wildman–Crippen MR) is 68.1 cm³/mol. The molecule has 18 heavy (non-hydrogen) atoms. The van der Waals surface area contributed by atoms with Crippen molar-refractivity contribution < 1.29 is 14.3 Å². The van der Waals surface area contributed by atoms with Gasteiger partial charge in [-0.05, 0) is 32.6 Å². The average Bonchev–Trinajstić information content (AvgIpc) is 2.86. The summed E-state index contributed by atoms with van der Waals surface area (Å²) in [6.45, 7) is 4.73. The summed E-state index contributed by atoms with van der Waals surface area (Å²) >= 11 is 0. The molecule has 0 bridgehead atoms. The van der Waals surface area contributed by atoms with Crippen LogP contribution >= 0.6 is 0 Å². The summed E-state index contributed by atoms with van der Waals surface area (Å²) in [5, 5.41) is 3.05. The zero-order valence-corrected chi connectivity index (χ0v) is 11.3. The minimum Gasteiger partial charge on any atom is -0.376 e. The molecule has 0 spiro atoms. The second-order valence-corrected chi connectivity index (χ2v) is 5.69. The highest BCUT2D eigenvalue weighted by atomic mass is 16.5. The van der Waals surface area contributed by atoms with E-state index in [0.29, 0.717) is 25.0 Å². The molecular weight excluding hydrogens is 230 g/mol. The largest absolute Gasteiger partial charge is 0.376 e. The first-order chi connectivity index (χ1) is 8.58. The van der Waals surface area contributed by atoms with Crippen molar-refractivity contribution in [3.05, 3.63) is 0 Å². The van der Waals surface area contributed by atoms with E-state index in [1.807, 2.05) is 13.8 Å². The Bertz CT molecular complexity index is 323. The molecule has 4 nitrogen and oxygen atoms in total. The van der Waals surface area contributed by atoms with Crippen molar-refractivity contribution in [1.82, 2.24) is 5.32 Å². The lowest BCUT2D eigenvalue weighted by Crippen LogP contribution is -2.45. The smallest absolute Gasteiger partial charge is 0.223 e. The highest BCUT2D eigenvalue weighted by molar-refractivity contribution is 5.86. The first kappa shape index (κ1) is 13.5. The molecule has 1 N–H and O–H groups in total. The van der Waals surface area contributed by atoms with Crippen LogP contribution in [0.3, 0.4) is 0 Å². The molecule has 4 atom stereocenters. The fraction of sp³-hybridized carbons (Fsp3) is 0.857. The van der Waals surface area contributed by atoms with E-state index in [1.54, 1.807) is 0 Å². The van der Waals surface area contributed by atoms with E-state index in [9.17, 15) is 9.59 Å². The molecule has 1 heterocycles. The Morgan fingerprint density at radius 2 is 2.22 bits per heavy atom. The topological polar surface area (TPSA) is 55.4 Å². The van der Waals surface area contributed by atoms with Gasteiger partial charge in [0.2, 0.25) is 5.91 Å². The summed E-state index contributed by atoms with van der Waals surface area (Å²) in [5.74, 6) is 0.428. The van der Waals surface area contributed by atoms with Gasteiger partial charge in [0, 0.05) is 24.9 Å². The SMILES string of the molecule is C[C@@H]1C[C@H](C(=O)N[C@@H](C)[C@@H]2CCCO2)CCC1=O. The third kappa shape index (κ3) is 3.10. The fourth-order valence-corrected chi connectivity index (χ4v) is 2.91. The molecule has 1 amide bonds. The van der Waals surface area contributed by atoms with Gasteiger partial charge in [0.1, 0.15) is 5.78 Å². The maximum Gasteiger partial charge on any atom is 0.223 e. The zero-order valence-electron chi connectivity index (χ0n) is 11.3. The molecule has 1 saturated carbocycles. The van der Waals surface area contributed by atoms with Crippen LogP contribution in [0.15, 0.2) is 0 Å². The van der Waals surface area contributed by atoms with Crippen LogP contribution in [-0.4, -0.2) is 30.4 Å². The first-order valence-corrected chi connectivity index (χ1v) is 7.02. The molecule has 0 radical (unpaired) electrons. The first-order valence-electron chi connectivity index (χ1n) is 7.02. The summed E-state index contributed by atoms with van der Waals surface area (Å²) in [6.07, 6.45) is 4.22. The van der Waals surface area contributed by atoms with Gasteiger partial charge in [-0.15, -0.1) is 0 Å². The van der Waals surface area contributed by atoms with Crippen molar-refractivity contribution in [3.63, 3.8) is 0 Å². The van der Waals surface area contributed by atoms with Gasteiger partial charge in [-0.3, -0.25) is 9.59 Å². The normalized spacial score (nSPS) is 34.3. The molecular formula is C14H23NO3. The maximum atomic E-state index is 12.1. The van der Waals surface area contributed by atoms with E-state index in [1.165, 1.54) is 0 Å². The Morgan fingerprint density at radius 1 is 1.44 bits per heavy atom. The molecule has 1 aliphatic heterocycles. The number of carbonyl (C=O) groups is 2. The van der Waals surface area contributed by atoms with Gasteiger partial charge in [-0.1, -0.05) is 6.92 Å². The minimum absolute atomic E-state index is 0.00144. The molecule has 1 aliphatic carbocycles. The quantitative estimate of drug-likeness (QED) is 0.832. The molecule has 0 aromatic heterocycles. The third-order valence-electron chi connectivity index (χ3n) is 4.19. The van der Waals surface area contributed by atoms with Crippen LogP contribution in [0.4, 0.5) is 0 Å². The Morgan fingerprint density at radius 3 is 2.83 bits per heavy atom. The molecule has 0 aromatic carbocycles. The highest BCUT2D eigenvalue weighted by Gasteiger charge is 2.32. The molecule has 1 saturated heterocycles.